The first kappa shape index (κ1) is 21.2. The third-order valence-corrected chi connectivity index (χ3v) is 4.60. The lowest BCUT2D eigenvalue weighted by Crippen LogP contribution is -2.46. The van der Waals surface area contributed by atoms with Gasteiger partial charge in [0.1, 0.15) is 6.04 Å². The average molecular weight is 412 g/mol. The zero-order valence-corrected chi connectivity index (χ0v) is 17.1. The fourth-order valence-electron chi connectivity index (χ4n) is 2.94. The largest absolute Gasteiger partial charge is 0.454 e. The molecule has 0 fully saturated rings. The molecule has 2 aromatic rings. The maximum absolute atomic E-state index is 12.5. The molecule has 8 heteroatoms. The van der Waals surface area contributed by atoms with Crippen molar-refractivity contribution < 1.29 is 28.6 Å². The maximum Gasteiger partial charge on any atom is 0.329 e. The highest BCUT2D eigenvalue weighted by Crippen LogP contribution is 2.34. The van der Waals surface area contributed by atoms with Crippen LogP contribution in [0.15, 0.2) is 42.5 Å². The Morgan fingerprint density at radius 2 is 1.80 bits per heavy atom. The Labute approximate surface area is 174 Å². The Hall–Kier alpha value is -3.55. The SMILES string of the molecule is Cc1ccccc1C(=O)N[C@H](C(=O)OCC(=O)Nc1ccc2c(c1)OCO2)C(C)C. The van der Waals surface area contributed by atoms with Gasteiger partial charge in [-0.1, -0.05) is 32.0 Å². The number of carbonyl (C=O) groups is 3. The van der Waals surface area contributed by atoms with Crippen molar-refractivity contribution in [1.29, 1.82) is 0 Å². The molecule has 1 atom stereocenters. The van der Waals surface area contributed by atoms with Crippen LogP contribution < -0.4 is 20.1 Å². The van der Waals surface area contributed by atoms with Gasteiger partial charge in [-0.05, 0) is 36.6 Å². The summed E-state index contributed by atoms with van der Waals surface area (Å²) in [5.41, 5.74) is 1.78. The molecule has 2 N–H and O–H groups in total. The Morgan fingerprint density at radius 3 is 2.53 bits per heavy atom. The summed E-state index contributed by atoms with van der Waals surface area (Å²) in [4.78, 5) is 37.2. The molecule has 2 amide bonds. The molecule has 3 rings (SSSR count). The number of benzene rings is 2. The fourth-order valence-corrected chi connectivity index (χ4v) is 2.94. The van der Waals surface area contributed by atoms with Crippen LogP contribution in [0.2, 0.25) is 0 Å². The normalized spacial score (nSPS) is 12.9. The number of nitrogens with one attached hydrogen (secondary N) is 2. The summed E-state index contributed by atoms with van der Waals surface area (Å²) < 4.78 is 15.6. The highest BCUT2D eigenvalue weighted by atomic mass is 16.7. The molecule has 0 radical (unpaired) electrons. The lowest BCUT2D eigenvalue weighted by molar-refractivity contribution is -0.150. The molecular weight excluding hydrogens is 388 g/mol. The number of esters is 1. The van der Waals surface area contributed by atoms with Gasteiger partial charge in [0.05, 0.1) is 0 Å². The predicted octanol–water partition coefficient (Wildman–Crippen LogP) is 2.66. The minimum atomic E-state index is -0.879. The number of hydrogen-bond acceptors (Lipinski definition) is 6. The third-order valence-electron chi connectivity index (χ3n) is 4.60. The van der Waals surface area contributed by atoms with E-state index >= 15 is 0 Å². The van der Waals surface area contributed by atoms with Gasteiger partial charge in [0.2, 0.25) is 6.79 Å². The zero-order valence-electron chi connectivity index (χ0n) is 17.1. The van der Waals surface area contributed by atoms with Crippen molar-refractivity contribution in [1.82, 2.24) is 5.32 Å². The molecule has 0 saturated heterocycles. The molecule has 0 aromatic heterocycles. The van der Waals surface area contributed by atoms with Crippen molar-refractivity contribution in [2.75, 3.05) is 18.7 Å². The minimum Gasteiger partial charge on any atom is -0.454 e. The van der Waals surface area contributed by atoms with Crippen molar-refractivity contribution in [2.45, 2.75) is 26.8 Å². The van der Waals surface area contributed by atoms with E-state index in [1.54, 1.807) is 44.2 Å². The summed E-state index contributed by atoms with van der Waals surface area (Å²) in [6.45, 7) is 5.05. The van der Waals surface area contributed by atoms with Gasteiger partial charge in [-0.2, -0.15) is 0 Å². The first-order valence-electron chi connectivity index (χ1n) is 9.58. The third kappa shape index (κ3) is 5.08. The van der Waals surface area contributed by atoms with Gasteiger partial charge in [-0.15, -0.1) is 0 Å². The van der Waals surface area contributed by atoms with Crippen molar-refractivity contribution in [2.24, 2.45) is 5.92 Å². The lowest BCUT2D eigenvalue weighted by Gasteiger charge is -2.21. The van der Waals surface area contributed by atoms with E-state index in [1.165, 1.54) is 0 Å². The molecule has 0 bridgehead atoms. The second-order valence-electron chi connectivity index (χ2n) is 7.23. The second-order valence-corrected chi connectivity index (χ2v) is 7.23. The van der Waals surface area contributed by atoms with Gasteiger partial charge in [0.15, 0.2) is 18.1 Å². The van der Waals surface area contributed by atoms with E-state index in [4.69, 9.17) is 14.2 Å². The van der Waals surface area contributed by atoms with Gasteiger partial charge in [0.25, 0.3) is 11.8 Å². The Balaban J connectivity index is 1.55. The Morgan fingerprint density at radius 1 is 1.07 bits per heavy atom. The number of ether oxygens (including phenoxy) is 3. The van der Waals surface area contributed by atoms with E-state index in [9.17, 15) is 14.4 Å². The van der Waals surface area contributed by atoms with Gasteiger partial charge in [-0.25, -0.2) is 4.79 Å². The summed E-state index contributed by atoms with van der Waals surface area (Å²) in [7, 11) is 0. The summed E-state index contributed by atoms with van der Waals surface area (Å²) >= 11 is 0. The molecule has 2 aromatic carbocycles. The zero-order chi connectivity index (χ0) is 21.7. The second kappa shape index (κ2) is 9.30. The smallest absolute Gasteiger partial charge is 0.329 e. The van der Waals surface area contributed by atoms with Crippen LogP contribution in [0.5, 0.6) is 11.5 Å². The number of aryl methyl sites for hydroxylation is 1. The van der Waals surface area contributed by atoms with Crippen LogP contribution >= 0.6 is 0 Å². The molecular formula is C22H24N2O6. The van der Waals surface area contributed by atoms with E-state index < -0.39 is 24.5 Å². The van der Waals surface area contributed by atoms with E-state index in [2.05, 4.69) is 10.6 Å². The molecule has 1 aliphatic rings. The summed E-state index contributed by atoms with van der Waals surface area (Å²) in [5.74, 6) is -0.633. The Bertz CT molecular complexity index is 956. The maximum atomic E-state index is 12.5. The van der Waals surface area contributed by atoms with Gasteiger partial charge >= 0.3 is 5.97 Å². The van der Waals surface area contributed by atoms with Crippen molar-refractivity contribution >= 4 is 23.5 Å². The summed E-state index contributed by atoms with van der Waals surface area (Å²) in [6.07, 6.45) is 0. The van der Waals surface area contributed by atoms with Crippen LogP contribution in [0, 0.1) is 12.8 Å². The summed E-state index contributed by atoms with van der Waals surface area (Å²) in [6, 6.07) is 11.2. The molecule has 0 spiro atoms. The monoisotopic (exact) mass is 412 g/mol. The number of fused-ring (bicyclic) bond motifs is 1. The topological polar surface area (TPSA) is 103 Å². The van der Waals surface area contributed by atoms with Gasteiger partial charge in [-0.3, -0.25) is 9.59 Å². The van der Waals surface area contributed by atoms with E-state index in [-0.39, 0.29) is 18.6 Å². The number of amides is 2. The van der Waals surface area contributed by atoms with E-state index in [1.807, 2.05) is 19.1 Å². The number of carbonyl (C=O) groups excluding carboxylic acids is 3. The molecule has 0 aliphatic carbocycles. The van der Waals surface area contributed by atoms with E-state index in [0.717, 1.165) is 5.56 Å². The van der Waals surface area contributed by atoms with Crippen molar-refractivity contribution in [3.8, 4) is 11.5 Å². The van der Waals surface area contributed by atoms with Crippen LogP contribution in [-0.2, 0) is 14.3 Å². The predicted molar refractivity (Wildman–Crippen MR) is 109 cm³/mol. The Kier molecular flexibility index (Phi) is 6.56. The van der Waals surface area contributed by atoms with Gasteiger partial charge in [0, 0.05) is 17.3 Å². The first-order valence-corrected chi connectivity index (χ1v) is 9.58. The molecule has 0 unspecified atom stereocenters. The van der Waals surface area contributed by atoms with Crippen molar-refractivity contribution in [3.63, 3.8) is 0 Å². The molecule has 0 saturated carbocycles. The first-order chi connectivity index (χ1) is 14.3. The number of hydrogen-bond donors (Lipinski definition) is 2. The number of rotatable bonds is 7. The quantitative estimate of drug-likeness (QED) is 0.678. The average Bonchev–Trinajstić information content (AvgIpc) is 3.18. The van der Waals surface area contributed by atoms with Crippen LogP contribution in [0.25, 0.3) is 0 Å². The lowest BCUT2D eigenvalue weighted by atomic mass is 10.0. The number of anilines is 1. The molecule has 30 heavy (non-hydrogen) atoms. The molecule has 1 aliphatic heterocycles. The van der Waals surface area contributed by atoms with Crippen LogP contribution in [0.1, 0.15) is 29.8 Å². The van der Waals surface area contributed by atoms with Crippen LogP contribution in [-0.4, -0.2) is 37.2 Å². The highest BCUT2D eigenvalue weighted by molar-refractivity contribution is 5.98. The van der Waals surface area contributed by atoms with Crippen LogP contribution in [0.3, 0.4) is 0 Å². The fraction of sp³-hybridized carbons (Fsp3) is 0.318. The van der Waals surface area contributed by atoms with Crippen LogP contribution in [0.4, 0.5) is 5.69 Å². The molecule has 8 nitrogen and oxygen atoms in total. The summed E-state index contributed by atoms with van der Waals surface area (Å²) in [5, 5.41) is 5.33. The van der Waals surface area contributed by atoms with Gasteiger partial charge < -0.3 is 24.8 Å². The molecule has 158 valence electrons. The van der Waals surface area contributed by atoms with Crippen molar-refractivity contribution in [3.05, 3.63) is 53.6 Å². The highest BCUT2D eigenvalue weighted by Gasteiger charge is 2.27. The standard InChI is InChI=1S/C22H24N2O6/c1-13(2)20(24-21(26)16-7-5-4-6-14(16)3)22(27)28-11-19(25)23-15-8-9-17-18(10-15)30-12-29-17/h4-10,13,20H,11-12H2,1-3H3,(H,23,25)(H,24,26)/t20-/m0/s1. The minimum absolute atomic E-state index is 0.134. The van der Waals surface area contributed by atoms with E-state index in [0.29, 0.717) is 22.7 Å². The molecule has 1 heterocycles.